The van der Waals surface area contributed by atoms with E-state index < -0.39 is 28.3 Å². The molecule has 2 aromatic carbocycles. The first-order valence-corrected chi connectivity index (χ1v) is 11.5. The number of hydrogen-bond acceptors (Lipinski definition) is 6. The van der Waals surface area contributed by atoms with Crippen LogP contribution in [0.3, 0.4) is 0 Å². The second kappa shape index (κ2) is 8.82. The zero-order valence-electron chi connectivity index (χ0n) is 16.3. The summed E-state index contributed by atoms with van der Waals surface area (Å²) in [6.45, 7) is 1.91. The zero-order valence-corrected chi connectivity index (χ0v) is 17.2. The molecule has 1 amide bonds. The van der Waals surface area contributed by atoms with Crippen LogP contribution in [0.15, 0.2) is 36.4 Å². The van der Waals surface area contributed by atoms with E-state index in [1.165, 1.54) is 11.0 Å². The molecule has 7 nitrogen and oxygen atoms in total. The molecule has 0 unspecified atom stereocenters. The van der Waals surface area contributed by atoms with E-state index >= 15 is 0 Å². The van der Waals surface area contributed by atoms with Gasteiger partial charge in [-0.15, -0.1) is 0 Å². The van der Waals surface area contributed by atoms with E-state index in [9.17, 15) is 23.1 Å². The minimum absolute atomic E-state index is 0.0138. The number of nitrogens with zero attached hydrogens (tertiary/aromatic N) is 1. The number of hydrogen-bond donors (Lipinski definition) is 1. The van der Waals surface area contributed by atoms with Gasteiger partial charge in [0.05, 0.1) is 11.5 Å². The van der Waals surface area contributed by atoms with Gasteiger partial charge in [0.25, 0.3) is 5.91 Å². The summed E-state index contributed by atoms with van der Waals surface area (Å²) in [6, 6.07) is 9.86. The second-order valence-corrected chi connectivity index (χ2v) is 9.49. The van der Waals surface area contributed by atoms with Gasteiger partial charge in [0.2, 0.25) is 0 Å². The van der Waals surface area contributed by atoms with Gasteiger partial charge in [-0.1, -0.05) is 43.7 Å². The number of aromatic hydroxyl groups is 1. The maximum absolute atomic E-state index is 12.7. The largest absolute Gasteiger partial charge is 0.506 e. The van der Waals surface area contributed by atoms with E-state index in [1.54, 1.807) is 18.2 Å². The lowest BCUT2D eigenvalue weighted by Crippen LogP contribution is -2.43. The number of esters is 1. The maximum Gasteiger partial charge on any atom is 0.342 e. The van der Waals surface area contributed by atoms with Crippen LogP contribution in [0.25, 0.3) is 10.8 Å². The Hall–Kier alpha value is -2.61. The van der Waals surface area contributed by atoms with Gasteiger partial charge in [-0.2, -0.15) is 0 Å². The van der Waals surface area contributed by atoms with Gasteiger partial charge in [0, 0.05) is 18.0 Å². The summed E-state index contributed by atoms with van der Waals surface area (Å²) >= 11 is 0. The van der Waals surface area contributed by atoms with Crippen molar-refractivity contribution in [2.75, 3.05) is 24.7 Å². The van der Waals surface area contributed by atoms with Crippen LogP contribution >= 0.6 is 0 Å². The number of carbonyl (C=O) groups is 2. The molecule has 1 aliphatic rings. The molecule has 156 valence electrons. The van der Waals surface area contributed by atoms with Crippen LogP contribution in [0.2, 0.25) is 0 Å². The molecule has 0 radical (unpaired) electrons. The molecular formula is C21H25NO6S. The molecule has 29 heavy (non-hydrogen) atoms. The third kappa shape index (κ3) is 4.87. The predicted molar refractivity (Wildman–Crippen MR) is 110 cm³/mol. The summed E-state index contributed by atoms with van der Waals surface area (Å²) in [5, 5.41) is 11.7. The van der Waals surface area contributed by atoms with Crippen molar-refractivity contribution in [1.82, 2.24) is 4.90 Å². The van der Waals surface area contributed by atoms with Crippen LogP contribution in [-0.4, -0.2) is 61.0 Å². The lowest BCUT2D eigenvalue weighted by molar-refractivity contribution is -0.136. The van der Waals surface area contributed by atoms with Crippen molar-refractivity contribution in [2.45, 2.75) is 32.2 Å². The van der Waals surface area contributed by atoms with Gasteiger partial charge >= 0.3 is 5.97 Å². The lowest BCUT2D eigenvalue weighted by Gasteiger charge is -2.28. The van der Waals surface area contributed by atoms with Crippen molar-refractivity contribution < 1.29 is 27.9 Å². The van der Waals surface area contributed by atoms with E-state index in [0.29, 0.717) is 18.4 Å². The van der Waals surface area contributed by atoms with Crippen molar-refractivity contribution >= 4 is 32.5 Å². The van der Waals surface area contributed by atoms with E-state index in [1.807, 2.05) is 19.1 Å². The number of rotatable bonds is 7. The average Bonchev–Trinajstić information content (AvgIpc) is 3.06. The number of benzene rings is 2. The van der Waals surface area contributed by atoms with Gasteiger partial charge in [-0.25, -0.2) is 13.2 Å². The normalized spacial score (nSPS) is 17.9. The van der Waals surface area contributed by atoms with Crippen LogP contribution in [0.4, 0.5) is 0 Å². The summed E-state index contributed by atoms with van der Waals surface area (Å²) in [5.74, 6) is -1.39. The Labute approximate surface area is 170 Å². The number of fused-ring (bicyclic) bond motifs is 1. The van der Waals surface area contributed by atoms with Crippen LogP contribution in [0, 0.1) is 0 Å². The number of phenols is 1. The van der Waals surface area contributed by atoms with Crippen LogP contribution < -0.4 is 0 Å². The van der Waals surface area contributed by atoms with E-state index in [2.05, 4.69) is 0 Å². The van der Waals surface area contributed by atoms with Crippen molar-refractivity contribution in [1.29, 1.82) is 0 Å². The molecule has 0 spiro atoms. The molecule has 0 aromatic heterocycles. The van der Waals surface area contributed by atoms with Crippen molar-refractivity contribution in [2.24, 2.45) is 0 Å². The Kier molecular flexibility index (Phi) is 6.42. The Morgan fingerprint density at radius 3 is 2.66 bits per heavy atom. The maximum atomic E-state index is 12.7. The molecule has 0 bridgehead atoms. The van der Waals surface area contributed by atoms with Gasteiger partial charge in [0.15, 0.2) is 16.4 Å². The minimum Gasteiger partial charge on any atom is -0.506 e. The Bertz CT molecular complexity index is 1020. The van der Waals surface area contributed by atoms with Crippen molar-refractivity contribution in [3.05, 3.63) is 42.0 Å². The molecule has 3 rings (SSSR count). The highest BCUT2D eigenvalue weighted by Gasteiger charge is 2.34. The molecule has 1 N–H and O–H groups in total. The van der Waals surface area contributed by atoms with Crippen LogP contribution in [-0.2, 0) is 19.4 Å². The molecule has 2 aromatic rings. The molecular weight excluding hydrogens is 394 g/mol. The fraction of sp³-hybridized carbons (Fsp3) is 0.429. The molecule has 0 saturated carbocycles. The summed E-state index contributed by atoms with van der Waals surface area (Å²) in [6.07, 6.45) is 1.99. The first-order chi connectivity index (χ1) is 13.8. The number of phenolic OH excluding ortho intramolecular Hbond substituents is 1. The highest BCUT2D eigenvalue weighted by atomic mass is 32.2. The third-order valence-electron chi connectivity index (χ3n) is 5.17. The molecule has 1 heterocycles. The quantitative estimate of drug-likeness (QED) is 0.692. The first-order valence-electron chi connectivity index (χ1n) is 9.70. The Balaban J connectivity index is 1.69. The minimum atomic E-state index is -3.13. The highest BCUT2D eigenvalue weighted by molar-refractivity contribution is 7.91. The molecule has 1 saturated heterocycles. The van der Waals surface area contributed by atoms with Gasteiger partial charge in [0.1, 0.15) is 11.3 Å². The number of unbranched alkanes of at least 4 members (excludes halogenated alkanes) is 1. The summed E-state index contributed by atoms with van der Waals surface area (Å²) in [4.78, 5) is 26.6. The smallest absolute Gasteiger partial charge is 0.342 e. The van der Waals surface area contributed by atoms with Gasteiger partial charge in [-0.3, -0.25) is 4.79 Å². The predicted octanol–water partition coefficient (Wildman–Crippen LogP) is 2.52. The number of sulfone groups is 1. The molecule has 1 fully saturated rings. The fourth-order valence-electron chi connectivity index (χ4n) is 3.57. The topological polar surface area (TPSA) is 101 Å². The summed E-state index contributed by atoms with van der Waals surface area (Å²) in [5.41, 5.74) is -0.0138. The standard InChI is InChI=1S/C21H25NO6S/c1-2-3-11-22(16-10-12-29(26,27)14-16)19(23)13-28-21(25)18-9-8-15-6-4-5-7-17(15)20(18)24/h4-9,16,24H,2-3,10-14H2,1H3/t16-/m1/s1. The van der Waals surface area contributed by atoms with Crippen molar-refractivity contribution in [3.63, 3.8) is 0 Å². The summed E-state index contributed by atoms with van der Waals surface area (Å²) < 4.78 is 28.7. The monoisotopic (exact) mass is 419 g/mol. The van der Waals surface area contributed by atoms with E-state index in [-0.39, 0.29) is 28.9 Å². The lowest BCUT2D eigenvalue weighted by atomic mass is 10.1. The second-order valence-electron chi connectivity index (χ2n) is 7.26. The van der Waals surface area contributed by atoms with Crippen molar-refractivity contribution in [3.8, 4) is 5.75 Å². The molecule has 1 atom stereocenters. The van der Waals surface area contributed by atoms with Crippen LogP contribution in [0.5, 0.6) is 5.75 Å². The first kappa shape index (κ1) is 21.1. The SMILES string of the molecule is CCCCN(C(=O)COC(=O)c1ccc2ccccc2c1O)[C@@H]1CCS(=O)(=O)C1. The highest BCUT2D eigenvalue weighted by Crippen LogP contribution is 2.29. The average molecular weight is 419 g/mol. The van der Waals surface area contributed by atoms with E-state index in [4.69, 9.17) is 4.74 Å². The van der Waals surface area contributed by atoms with E-state index in [0.717, 1.165) is 18.2 Å². The zero-order chi connectivity index (χ0) is 21.0. The molecule has 0 aliphatic carbocycles. The summed E-state index contributed by atoms with van der Waals surface area (Å²) in [7, 11) is -3.13. The Morgan fingerprint density at radius 2 is 1.97 bits per heavy atom. The number of ether oxygens (including phenoxy) is 1. The molecule has 8 heteroatoms. The number of carbonyl (C=O) groups excluding carboxylic acids is 2. The number of amides is 1. The third-order valence-corrected chi connectivity index (χ3v) is 6.92. The Morgan fingerprint density at radius 1 is 1.21 bits per heavy atom. The fourth-order valence-corrected chi connectivity index (χ4v) is 5.30. The molecule has 1 aliphatic heterocycles. The van der Waals surface area contributed by atoms with Crippen LogP contribution in [0.1, 0.15) is 36.5 Å². The van der Waals surface area contributed by atoms with Gasteiger partial charge in [-0.05, 0) is 24.3 Å². The van der Waals surface area contributed by atoms with Gasteiger partial charge < -0.3 is 14.7 Å².